The van der Waals surface area contributed by atoms with E-state index in [1.807, 2.05) is 19.2 Å². The lowest BCUT2D eigenvalue weighted by atomic mass is 10.1. The summed E-state index contributed by atoms with van der Waals surface area (Å²) < 4.78 is 0. The highest BCUT2D eigenvalue weighted by Crippen LogP contribution is 2.40. The number of nitrogens with zero attached hydrogens (tertiary/aromatic N) is 4. The summed E-state index contributed by atoms with van der Waals surface area (Å²) in [5, 5.41) is 11.5. The van der Waals surface area contributed by atoms with Gasteiger partial charge in [0.2, 0.25) is 0 Å². The van der Waals surface area contributed by atoms with Crippen LogP contribution < -0.4 is 10.6 Å². The number of amidine groups is 1. The Morgan fingerprint density at radius 3 is 2.77 bits per heavy atom. The maximum absolute atomic E-state index is 12.4. The number of carbonyl (C=O) groups excluding carboxylic acids is 1. The number of hydrogen-bond donors (Lipinski definition) is 2. The zero-order valence-corrected chi connectivity index (χ0v) is 12.5. The highest BCUT2D eigenvalue weighted by Gasteiger charge is 2.42. The van der Waals surface area contributed by atoms with Gasteiger partial charge in [0.05, 0.1) is 11.4 Å². The predicted octanol–water partition coefficient (Wildman–Crippen LogP) is 0.774. The number of carbonyl (C=O) groups is 1. The fourth-order valence-corrected chi connectivity index (χ4v) is 3.43. The summed E-state index contributed by atoms with van der Waals surface area (Å²) >= 11 is 0. The molecule has 4 rings (SSSR count). The molecule has 2 fully saturated rings. The Balaban J connectivity index is 1.80. The first-order valence-corrected chi connectivity index (χ1v) is 7.47. The van der Waals surface area contributed by atoms with Crippen molar-refractivity contribution in [1.29, 1.82) is 5.41 Å². The van der Waals surface area contributed by atoms with Crippen molar-refractivity contribution in [1.82, 2.24) is 10.0 Å². The quantitative estimate of drug-likeness (QED) is 0.750. The molecule has 0 atom stereocenters. The van der Waals surface area contributed by atoms with E-state index in [4.69, 9.17) is 11.1 Å². The largest absolute Gasteiger partial charge is 0.398 e. The highest BCUT2D eigenvalue weighted by atomic mass is 16.2. The molecule has 3 aliphatic rings. The lowest BCUT2D eigenvalue weighted by Gasteiger charge is -2.17. The maximum atomic E-state index is 12.4. The van der Waals surface area contributed by atoms with Crippen LogP contribution in [0.2, 0.25) is 0 Å². The number of likely N-dealkylation sites (N-methyl/N-ethyl adjacent to an activating group) is 1. The third-order valence-electron chi connectivity index (χ3n) is 4.56. The van der Waals surface area contributed by atoms with E-state index in [2.05, 4.69) is 9.89 Å². The van der Waals surface area contributed by atoms with Gasteiger partial charge in [-0.25, -0.2) is 10.0 Å². The normalized spacial score (nSPS) is 22.0. The van der Waals surface area contributed by atoms with E-state index in [-0.39, 0.29) is 17.5 Å². The predicted molar refractivity (Wildman–Crippen MR) is 85.7 cm³/mol. The van der Waals surface area contributed by atoms with Crippen LogP contribution in [-0.4, -0.2) is 54.2 Å². The fraction of sp³-hybridized carbons (Fsp3) is 0.400. The number of hydrazine groups is 1. The van der Waals surface area contributed by atoms with E-state index in [0.29, 0.717) is 13.1 Å². The lowest BCUT2D eigenvalue weighted by Crippen LogP contribution is -2.33. The minimum absolute atomic E-state index is 0.172. The number of benzene rings is 1. The molecule has 0 saturated carbocycles. The third-order valence-corrected chi connectivity index (χ3v) is 4.56. The number of hydrogen-bond acceptors (Lipinski definition) is 5. The number of rotatable bonds is 1. The zero-order chi connectivity index (χ0) is 15.4. The smallest absolute Gasteiger partial charge is 0.294 e. The molecule has 7 heteroatoms. The van der Waals surface area contributed by atoms with Crippen molar-refractivity contribution in [2.45, 2.75) is 12.8 Å². The molecule has 22 heavy (non-hydrogen) atoms. The van der Waals surface area contributed by atoms with E-state index < -0.39 is 0 Å². The molecule has 7 nitrogen and oxygen atoms in total. The second-order valence-electron chi connectivity index (χ2n) is 5.89. The van der Waals surface area contributed by atoms with Crippen molar-refractivity contribution in [3.05, 3.63) is 17.7 Å². The van der Waals surface area contributed by atoms with Crippen LogP contribution in [-0.2, 0) is 11.2 Å². The van der Waals surface area contributed by atoms with Crippen molar-refractivity contribution < 1.29 is 4.79 Å². The van der Waals surface area contributed by atoms with Crippen LogP contribution in [0, 0.1) is 5.41 Å². The number of nitrogens with one attached hydrogen (secondary N) is 1. The van der Waals surface area contributed by atoms with Crippen LogP contribution in [0.25, 0.3) is 0 Å². The number of amides is 1. The molecule has 0 aromatic heterocycles. The molecule has 0 radical (unpaired) electrons. The average molecular weight is 298 g/mol. The Labute approximate surface area is 128 Å². The highest BCUT2D eigenvalue weighted by molar-refractivity contribution is 6.68. The Morgan fingerprint density at radius 1 is 1.23 bits per heavy atom. The zero-order valence-electron chi connectivity index (χ0n) is 12.5. The molecule has 0 spiro atoms. The molecule has 0 unspecified atom stereocenters. The molecule has 1 aromatic carbocycles. The second-order valence-corrected chi connectivity index (χ2v) is 5.89. The monoisotopic (exact) mass is 298 g/mol. The van der Waals surface area contributed by atoms with Crippen molar-refractivity contribution >= 4 is 34.5 Å². The second kappa shape index (κ2) is 4.46. The molecule has 2 saturated heterocycles. The topological polar surface area (TPSA) is 89.0 Å². The molecule has 3 N–H and O–H groups in total. The van der Waals surface area contributed by atoms with Gasteiger partial charge in [-0.15, -0.1) is 0 Å². The maximum Gasteiger partial charge on any atom is 0.294 e. The molecule has 3 aliphatic heterocycles. The first-order chi connectivity index (χ1) is 10.6. The number of anilines is 2. The van der Waals surface area contributed by atoms with Gasteiger partial charge in [0.1, 0.15) is 0 Å². The first-order valence-electron chi connectivity index (χ1n) is 7.47. The summed E-state index contributed by atoms with van der Waals surface area (Å²) in [5.41, 5.74) is 9.82. The number of aliphatic imine (C=N–C) groups is 1. The van der Waals surface area contributed by atoms with Crippen LogP contribution >= 0.6 is 0 Å². The molecular formula is C15H18N6O. The van der Waals surface area contributed by atoms with Crippen LogP contribution in [0.15, 0.2) is 17.1 Å². The van der Waals surface area contributed by atoms with Crippen molar-refractivity contribution in [2.24, 2.45) is 4.99 Å². The van der Waals surface area contributed by atoms with Crippen LogP contribution in [0.3, 0.4) is 0 Å². The van der Waals surface area contributed by atoms with Gasteiger partial charge in [-0.3, -0.25) is 15.2 Å². The summed E-state index contributed by atoms with van der Waals surface area (Å²) in [5.74, 6) is 0.0300. The van der Waals surface area contributed by atoms with E-state index in [9.17, 15) is 4.79 Å². The molecule has 114 valence electrons. The van der Waals surface area contributed by atoms with Gasteiger partial charge >= 0.3 is 0 Å². The number of fused-ring (bicyclic) bond motifs is 2. The fourth-order valence-electron chi connectivity index (χ4n) is 3.43. The van der Waals surface area contributed by atoms with Crippen molar-refractivity contribution in [2.75, 3.05) is 37.3 Å². The molecule has 1 amide bonds. The minimum Gasteiger partial charge on any atom is -0.398 e. The molecule has 0 aliphatic carbocycles. The third kappa shape index (κ3) is 1.65. The van der Waals surface area contributed by atoms with Gasteiger partial charge in [-0.05, 0) is 25.0 Å². The average Bonchev–Trinajstić information content (AvgIpc) is 3.17. The van der Waals surface area contributed by atoms with E-state index in [1.165, 1.54) is 0 Å². The van der Waals surface area contributed by atoms with Crippen LogP contribution in [0.1, 0.15) is 12.0 Å². The van der Waals surface area contributed by atoms with Crippen molar-refractivity contribution in [3.63, 3.8) is 0 Å². The lowest BCUT2D eigenvalue weighted by molar-refractivity contribution is -0.129. The summed E-state index contributed by atoms with van der Waals surface area (Å²) in [6.45, 7) is 2.27. The van der Waals surface area contributed by atoms with Gasteiger partial charge in [-0.1, -0.05) is 0 Å². The summed E-state index contributed by atoms with van der Waals surface area (Å²) in [4.78, 5) is 19.1. The standard InChI is InChI=1S/C15H18N6O/c1-19-8-5-9-10(16)3-4-11(13(9)19)18-12-14(17)20-6-2-7-21(20)15(12)22/h3-4,17H,2,5-8,16H2,1H3. The van der Waals surface area contributed by atoms with E-state index in [1.54, 1.807) is 10.0 Å². The van der Waals surface area contributed by atoms with Gasteiger partial charge in [0.25, 0.3) is 5.91 Å². The summed E-state index contributed by atoms with van der Waals surface area (Å²) in [7, 11) is 2.00. The number of nitrogens with two attached hydrogens (primary N) is 1. The van der Waals surface area contributed by atoms with Crippen LogP contribution in [0.5, 0.6) is 0 Å². The molecule has 3 heterocycles. The summed E-state index contributed by atoms with van der Waals surface area (Å²) in [6.07, 6.45) is 1.79. The first kappa shape index (κ1) is 13.1. The van der Waals surface area contributed by atoms with Gasteiger partial charge in [0, 0.05) is 37.9 Å². The Morgan fingerprint density at radius 2 is 2.00 bits per heavy atom. The number of nitrogen functional groups attached to an aromatic ring is 1. The van der Waals surface area contributed by atoms with Gasteiger partial charge < -0.3 is 10.6 Å². The minimum atomic E-state index is -0.172. The Hall–Kier alpha value is -2.57. The van der Waals surface area contributed by atoms with E-state index >= 15 is 0 Å². The van der Waals surface area contributed by atoms with Crippen LogP contribution in [0.4, 0.5) is 17.1 Å². The summed E-state index contributed by atoms with van der Waals surface area (Å²) in [6, 6.07) is 3.67. The Kier molecular flexibility index (Phi) is 2.66. The molecule has 0 bridgehead atoms. The van der Waals surface area contributed by atoms with Crippen molar-refractivity contribution in [3.8, 4) is 0 Å². The van der Waals surface area contributed by atoms with Gasteiger partial charge in [-0.2, -0.15) is 0 Å². The SMILES string of the molecule is CN1CCc2c(N)ccc(N=C3C(=N)N4CCCN4C3=O)c21. The van der Waals surface area contributed by atoms with E-state index in [0.717, 1.165) is 42.0 Å². The molecule has 1 aromatic rings. The Bertz CT molecular complexity index is 701. The van der Waals surface area contributed by atoms with Gasteiger partial charge in [0.15, 0.2) is 11.5 Å². The molecular weight excluding hydrogens is 280 g/mol.